The standard InChI is InChI=1S/C22H25Cl3N2O2/c1-3-4-11-26-22(29)15(2)27(14-17-9-10-18(23)13-20(17)25)21(28)12-16-7-5-6-8-19(16)24/h5-10,13,15H,3-4,11-12,14H2,1-2H3,(H,26,29). The van der Waals surface area contributed by atoms with Crippen LogP contribution in [0.1, 0.15) is 37.8 Å². The number of carbonyl (C=O) groups excluding carboxylic acids is 2. The molecule has 1 N–H and O–H groups in total. The second-order valence-electron chi connectivity index (χ2n) is 6.85. The molecule has 29 heavy (non-hydrogen) atoms. The van der Waals surface area contributed by atoms with Gasteiger partial charge in [-0.1, -0.05) is 72.4 Å². The Morgan fingerprint density at radius 2 is 1.76 bits per heavy atom. The van der Waals surface area contributed by atoms with E-state index in [0.29, 0.717) is 27.2 Å². The van der Waals surface area contributed by atoms with Crippen LogP contribution in [0.5, 0.6) is 0 Å². The van der Waals surface area contributed by atoms with E-state index < -0.39 is 6.04 Å². The highest BCUT2D eigenvalue weighted by atomic mass is 35.5. The summed E-state index contributed by atoms with van der Waals surface area (Å²) in [5.41, 5.74) is 1.43. The van der Waals surface area contributed by atoms with Gasteiger partial charge in [0, 0.05) is 28.2 Å². The van der Waals surface area contributed by atoms with Crippen LogP contribution in [0.15, 0.2) is 42.5 Å². The van der Waals surface area contributed by atoms with E-state index in [0.717, 1.165) is 18.4 Å². The van der Waals surface area contributed by atoms with Gasteiger partial charge in [0.1, 0.15) is 6.04 Å². The molecule has 4 nitrogen and oxygen atoms in total. The number of amides is 2. The van der Waals surface area contributed by atoms with Crippen molar-refractivity contribution in [1.29, 1.82) is 0 Å². The van der Waals surface area contributed by atoms with E-state index in [4.69, 9.17) is 34.8 Å². The molecule has 0 fully saturated rings. The fourth-order valence-electron chi connectivity index (χ4n) is 2.86. The molecular weight excluding hydrogens is 431 g/mol. The number of nitrogens with zero attached hydrogens (tertiary/aromatic N) is 1. The highest BCUT2D eigenvalue weighted by Crippen LogP contribution is 2.24. The van der Waals surface area contributed by atoms with Crippen LogP contribution in [0.2, 0.25) is 15.1 Å². The number of unbranched alkanes of at least 4 members (excludes halogenated alkanes) is 1. The highest BCUT2D eigenvalue weighted by Gasteiger charge is 2.27. The maximum atomic E-state index is 13.1. The molecule has 2 amide bonds. The molecule has 0 aliphatic carbocycles. The van der Waals surface area contributed by atoms with Gasteiger partial charge in [-0.15, -0.1) is 0 Å². The maximum absolute atomic E-state index is 13.1. The summed E-state index contributed by atoms with van der Waals surface area (Å²) >= 11 is 18.5. The first-order chi connectivity index (χ1) is 13.8. The molecule has 0 aliphatic rings. The first-order valence-corrected chi connectivity index (χ1v) is 10.7. The maximum Gasteiger partial charge on any atom is 0.242 e. The monoisotopic (exact) mass is 454 g/mol. The number of carbonyl (C=O) groups is 2. The molecule has 0 aliphatic heterocycles. The lowest BCUT2D eigenvalue weighted by Crippen LogP contribution is -2.48. The third kappa shape index (κ3) is 6.91. The summed E-state index contributed by atoms with van der Waals surface area (Å²) in [4.78, 5) is 27.3. The molecule has 0 saturated carbocycles. The fourth-order valence-corrected chi connectivity index (χ4v) is 3.53. The van der Waals surface area contributed by atoms with Gasteiger partial charge in [0.05, 0.1) is 6.42 Å². The minimum absolute atomic E-state index is 0.0947. The van der Waals surface area contributed by atoms with E-state index in [1.54, 1.807) is 37.3 Å². The molecule has 1 atom stereocenters. The first-order valence-electron chi connectivity index (χ1n) is 9.58. The fraction of sp³-hybridized carbons (Fsp3) is 0.364. The van der Waals surface area contributed by atoms with Crippen LogP contribution in [-0.2, 0) is 22.6 Å². The molecule has 0 aromatic heterocycles. The number of nitrogens with one attached hydrogen (secondary N) is 1. The molecule has 2 aromatic carbocycles. The van der Waals surface area contributed by atoms with Crippen molar-refractivity contribution >= 4 is 46.6 Å². The van der Waals surface area contributed by atoms with Gasteiger partial charge in [-0.3, -0.25) is 9.59 Å². The van der Waals surface area contributed by atoms with Gasteiger partial charge in [-0.05, 0) is 42.7 Å². The van der Waals surface area contributed by atoms with E-state index in [9.17, 15) is 9.59 Å². The van der Waals surface area contributed by atoms with E-state index in [2.05, 4.69) is 12.2 Å². The highest BCUT2D eigenvalue weighted by molar-refractivity contribution is 6.35. The Morgan fingerprint density at radius 3 is 2.41 bits per heavy atom. The Balaban J connectivity index is 2.24. The Kier molecular flexibility index (Phi) is 9.28. The van der Waals surface area contributed by atoms with Crippen molar-refractivity contribution in [3.63, 3.8) is 0 Å². The van der Waals surface area contributed by atoms with Crippen LogP contribution < -0.4 is 5.32 Å². The predicted molar refractivity (Wildman–Crippen MR) is 120 cm³/mol. The molecule has 0 saturated heterocycles. The normalized spacial score (nSPS) is 11.8. The third-order valence-corrected chi connectivity index (χ3v) is 5.61. The predicted octanol–water partition coefficient (Wildman–Crippen LogP) is 5.52. The molecule has 0 spiro atoms. The van der Waals surface area contributed by atoms with Crippen molar-refractivity contribution < 1.29 is 9.59 Å². The SMILES string of the molecule is CCCCNC(=O)C(C)N(Cc1ccc(Cl)cc1Cl)C(=O)Cc1ccccc1Cl. The van der Waals surface area contributed by atoms with Crippen LogP contribution in [0.4, 0.5) is 0 Å². The second kappa shape index (κ2) is 11.4. The van der Waals surface area contributed by atoms with E-state index >= 15 is 0 Å². The topological polar surface area (TPSA) is 49.4 Å². The van der Waals surface area contributed by atoms with E-state index in [-0.39, 0.29) is 24.8 Å². The Morgan fingerprint density at radius 1 is 1.03 bits per heavy atom. The van der Waals surface area contributed by atoms with E-state index in [1.165, 1.54) is 4.90 Å². The van der Waals surface area contributed by atoms with Crippen LogP contribution >= 0.6 is 34.8 Å². The second-order valence-corrected chi connectivity index (χ2v) is 8.10. The number of hydrogen-bond donors (Lipinski definition) is 1. The average molecular weight is 456 g/mol. The van der Waals surface area contributed by atoms with Crippen LogP contribution in [0.25, 0.3) is 0 Å². The lowest BCUT2D eigenvalue weighted by atomic mass is 10.1. The van der Waals surface area contributed by atoms with Gasteiger partial charge in [0.15, 0.2) is 0 Å². The van der Waals surface area contributed by atoms with Crippen LogP contribution in [-0.4, -0.2) is 29.3 Å². The summed E-state index contributed by atoms with van der Waals surface area (Å²) < 4.78 is 0. The molecule has 1 unspecified atom stereocenters. The summed E-state index contributed by atoms with van der Waals surface area (Å²) in [7, 11) is 0. The largest absolute Gasteiger partial charge is 0.354 e. The van der Waals surface area contributed by atoms with E-state index in [1.807, 2.05) is 12.1 Å². The lowest BCUT2D eigenvalue weighted by molar-refractivity contribution is -0.140. The van der Waals surface area contributed by atoms with Crippen molar-refractivity contribution in [2.45, 2.75) is 45.7 Å². The zero-order valence-electron chi connectivity index (χ0n) is 16.6. The van der Waals surface area contributed by atoms with Gasteiger partial charge in [0.2, 0.25) is 11.8 Å². The van der Waals surface area contributed by atoms with Crippen molar-refractivity contribution in [3.05, 3.63) is 68.7 Å². The number of benzene rings is 2. The Labute approximate surface area is 187 Å². The quantitative estimate of drug-likeness (QED) is 0.506. The molecule has 0 heterocycles. The van der Waals surface area contributed by atoms with Gasteiger partial charge >= 0.3 is 0 Å². The van der Waals surface area contributed by atoms with Crippen molar-refractivity contribution in [2.75, 3.05) is 6.54 Å². The van der Waals surface area contributed by atoms with Crippen molar-refractivity contribution in [3.8, 4) is 0 Å². The average Bonchev–Trinajstić information content (AvgIpc) is 2.68. The van der Waals surface area contributed by atoms with Gasteiger partial charge in [-0.2, -0.15) is 0 Å². The minimum atomic E-state index is -0.659. The molecular formula is C22H25Cl3N2O2. The molecule has 2 rings (SSSR count). The van der Waals surface area contributed by atoms with Gasteiger partial charge in [-0.25, -0.2) is 0 Å². The molecule has 2 aromatic rings. The molecule has 156 valence electrons. The molecule has 7 heteroatoms. The van der Waals surface area contributed by atoms with Crippen LogP contribution in [0.3, 0.4) is 0 Å². The summed E-state index contributed by atoms with van der Waals surface area (Å²) in [6, 6.07) is 11.6. The summed E-state index contributed by atoms with van der Waals surface area (Å²) in [5.74, 6) is -0.404. The van der Waals surface area contributed by atoms with Gasteiger partial charge in [0.25, 0.3) is 0 Å². The minimum Gasteiger partial charge on any atom is -0.354 e. The summed E-state index contributed by atoms with van der Waals surface area (Å²) in [6.45, 7) is 4.54. The number of hydrogen-bond acceptors (Lipinski definition) is 2. The molecule has 0 radical (unpaired) electrons. The van der Waals surface area contributed by atoms with Crippen LogP contribution in [0, 0.1) is 0 Å². The molecule has 0 bridgehead atoms. The first kappa shape index (κ1) is 23.5. The van der Waals surface area contributed by atoms with Gasteiger partial charge < -0.3 is 10.2 Å². The van der Waals surface area contributed by atoms with Crippen molar-refractivity contribution in [2.24, 2.45) is 0 Å². The zero-order valence-corrected chi connectivity index (χ0v) is 18.8. The Bertz CT molecular complexity index is 858. The summed E-state index contributed by atoms with van der Waals surface area (Å²) in [6.07, 6.45) is 1.96. The smallest absolute Gasteiger partial charge is 0.242 e. The van der Waals surface area contributed by atoms with Crippen molar-refractivity contribution in [1.82, 2.24) is 10.2 Å². The number of halogens is 3. The zero-order chi connectivity index (χ0) is 21.4. The number of rotatable bonds is 9. The third-order valence-electron chi connectivity index (χ3n) is 4.65. The summed E-state index contributed by atoms with van der Waals surface area (Å²) in [5, 5.41) is 4.37. The lowest BCUT2D eigenvalue weighted by Gasteiger charge is -2.29. The Hall–Kier alpha value is -1.75.